The minimum atomic E-state index is -0.474. The Balaban J connectivity index is 1.26. The molecule has 7 aromatic rings. The van der Waals surface area contributed by atoms with Gasteiger partial charge in [0.05, 0.1) is 27.7 Å². The van der Waals surface area contributed by atoms with E-state index in [2.05, 4.69) is 46.7 Å². The number of hydrazone groups is 1. The van der Waals surface area contributed by atoms with E-state index in [4.69, 9.17) is 14.5 Å². The first-order valence-corrected chi connectivity index (χ1v) is 14.1. The fraction of sp³-hybridized carbons (Fsp3) is 0.0333. The molecule has 1 N–H and O–H groups in total. The highest BCUT2D eigenvalue weighted by atomic mass is 32.1. The minimum absolute atomic E-state index is 0.343. The van der Waals surface area contributed by atoms with E-state index in [1.165, 1.54) is 28.2 Å². The van der Waals surface area contributed by atoms with Crippen molar-refractivity contribution < 1.29 is 4.42 Å². The molecule has 0 saturated carbocycles. The van der Waals surface area contributed by atoms with Crippen LogP contribution in [0.2, 0.25) is 0 Å². The first-order chi connectivity index (χ1) is 19.6. The summed E-state index contributed by atoms with van der Waals surface area (Å²) in [6.07, 6.45) is 3.44. The van der Waals surface area contributed by atoms with Gasteiger partial charge in [-0.3, -0.25) is 5.43 Å². The van der Waals surface area contributed by atoms with E-state index in [0.29, 0.717) is 32.7 Å². The van der Waals surface area contributed by atoms with Gasteiger partial charge in [0, 0.05) is 28.1 Å². The SMILES string of the molecule is Cc1ccc(-c2csc(N/N=C/c3cn(-c4nc5ccccc5s4)nc3-c3cc4ccccc4oc3=O)n2)cc1. The Labute approximate surface area is 235 Å². The number of fused-ring (bicyclic) bond motifs is 2. The van der Waals surface area contributed by atoms with Gasteiger partial charge in [-0.15, -0.1) is 11.3 Å². The zero-order chi connectivity index (χ0) is 27.1. The van der Waals surface area contributed by atoms with Crippen molar-refractivity contribution in [2.75, 3.05) is 5.43 Å². The Kier molecular flexibility index (Phi) is 6.03. The molecule has 0 fully saturated rings. The van der Waals surface area contributed by atoms with E-state index < -0.39 is 5.63 Å². The number of hydrogen-bond donors (Lipinski definition) is 1. The van der Waals surface area contributed by atoms with E-state index in [0.717, 1.165) is 26.9 Å². The number of thiazole rings is 2. The molecule has 4 aromatic heterocycles. The van der Waals surface area contributed by atoms with Crippen LogP contribution in [-0.4, -0.2) is 26.0 Å². The molecule has 194 valence electrons. The summed E-state index contributed by atoms with van der Waals surface area (Å²) in [5.74, 6) is 0. The number of aryl methyl sites for hydroxylation is 1. The second-order valence-corrected chi connectivity index (χ2v) is 11.0. The van der Waals surface area contributed by atoms with E-state index in [1.807, 2.05) is 54.0 Å². The van der Waals surface area contributed by atoms with Crippen molar-refractivity contribution in [3.05, 3.63) is 112 Å². The predicted octanol–water partition coefficient (Wildman–Crippen LogP) is 7.13. The maximum Gasteiger partial charge on any atom is 0.345 e. The Hall–Kier alpha value is -4.93. The first-order valence-electron chi connectivity index (χ1n) is 12.4. The highest BCUT2D eigenvalue weighted by Crippen LogP contribution is 2.28. The molecule has 0 radical (unpaired) electrons. The zero-order valence-electron chi connectivity index (χ0n) is 21.1. The lowest BCUT2D eigenvalue weighted by Gasteiger charge is -2.01. The van der Waals surface area contributed by atoms with Crippen LogP contribution in [0.4, 0.5) is 5.13 Å². The lowest BCUT2D eigenvalue weighted by molar-refractivity contribution is 0.563. The fourth-order valence-corrected chi connectivity index (χ4v) is 5.87. The smallest absolute Gasteiger partial charge is 0.345 e. The van der Waals surface area contributed by atoms with Gasteiger partial charge < -0.3 is 4.42 Å². The van der Waals surface area contributed by atoms with Crippen LogP contribution in [0.1, 0.15) is 11.1 Å². The molecule has 0 atom stereocenters. The second kappa shape index (κ2) is 9.99. The molecule has 0 amide bonds. The van der Waals surface area contributed by atoms with Crippen LogP contribution in [0.25, 0.3) is 48.8 Å². The van der Waals surface area contributed by atoms with E-state index >= 15 is 0 Å². The summed E-state index contributed by atoms with van der Waals surface area (Å²) in [6, 6.07) is 25.3. The normalized spacial score (nSPS) is 11.6. The molecular formula is C30H20N6O2S2. The summed E-state index contributed by atoms with van der Waals surface area (Å²) >= 11 is 2.98. The van der Waals surface area contributed by atoms with Gasteiger partial charge in [0.2, 0.25) is 10.3 Å². The number of nitrogens with one attached hydrogen (secondary N) is 1. The van der Waals surface area contributed by atoms with Gasteiger partial charge in [-0.2, -0.15) is 10.2 Å². The molecule has 0 aliphatic rings. The van der Waals surface area contributed by atoms with Crippen LogP contribution in [0.5, 0.6) is 0 Å². The van der Waals surface area contributed by atoms with Gasteiger partial charge in [-0.1, -0.05) is 71.5 Å². The van der Waals surface area contributed by atoms with Crippen molar-refractivity contribution in [3.8, 4) is 27.6 Å². The highest BCUT2D eigenvalue weighted by molar-refractivity contribution is 7.20. The Morgan fingerprint density at radius 3 is 2.70 bits per heavy atom. The third-order valence-electron chi connectivity index (χ3n) is 6.33. The molecule has 0 unspecified atom stereocenters. The summed E-state index contributed by atoms with van der Waals surface area (Å²) in [5.41, 5.74) is 8.48. The van der Waals surface area contributed by atoms with Crippen molar-refractivity contribution >= 4 is 55.2 Å². The number of anilines is 1. The fourth-order valence-electron chi connectivity index (χ4n) is 4.31. The summed E-state index contributed by atoms with van der Waals surface area (Å²) in [5, 5.41) is 13.3. The van der Waals surface area contributed by atoms with Crippen LogP contribution >= 0.6 is 22.7 Å². The number of para-hydroxylation sites is 2. The van der Waals surface area contributed by atoms with E-state index in [9.17, 15) is 4.79 Å². The summed E-state index contributed by atoms with van der Waals surface area (Å²) in [4.78, 5) is 22.4. The largest absolute Gasteiger partial charge is 0.422 e. The van der Waals surface area contributed by atoms with Crippen molar-refractivity contribution in [1.82, 2.24) is 19.7 Å². The number of rotatable bonds is 6. The van der Waals surface area contributed by atoms with Gasteiger partial charge in [0.15, 0.2) is 0 Å². The van der Waals surface area contributed by atoms with Crippen LogP contribution in [0, 0.1) is 6.92 Å². The van der Waals surface area contributed by atoms with E-state index in [-0.39, 0.29) is 0 Å². The molecule has 0 spiro atoms. The number of benzene rings is 3. The Bertz CT molecular complexity index is 2050. The molecule has 0 aliphatic carbocycles. The van der Waals surface area contributed by atoms with Gasteiger partial charge in [-0.05, 0) is 31.2 Å². The average molecular weight is 561 g/mol. The summed E-state index contributed by atoms with van der Waals surface area (Å²) < 4.78 is 8.33. The van der Waals surface area contributed by atoms with Crippen molar-refractivity contribution in [2.45, 2.75) is 6.92 Å². The quantitative estimate of drug-likeness (QED) is 0.132. The van der Waals surface area contributed by atoms with Crippen molar-refractivity contribution in [3.63, 3.8) is 0 Å². The van der Waals surface area contributed by atoms with Crippen LogP contribution < -0.4 is 11.1 Å². The molecule has 10 heteroatoms. The zero-order valence-corrected chi connectivity index (χ0v) is 22.7. The molecule has 4 heterocycles. The molecule has 7 rings (SSSR count). The third kappa shape index (κ3) is 4.59. The maximum absolute atomic E-state index is 13.0. The molecule has 0 aliphatic heterocycles. The minimum Gasteiger partial charge on any atom is -0.422 e. The van der Waals surface area contributed by atoms with Gasteiger partial charge >= 0.3 is 5.63 Å². The van der Waals surface area contributed by atoms with Crippen molar-refractivity contribution in [2.24, 2.45) is 5.10 Å². The van der Waals surface area contributed by atoms with Gasteiger partial charge in [-0.25, -0.2) is 19.4 Å². The maximum atomic E-state index is 13.0. The lowest BCUT2D eigenvalue weighted by atomic mass is 10.1. The summed E-state index contributed by atoms with van der Waals surface area (Å²) in [6.45, 7) is 2.06. The predicted molar refractivity (Wildman–Crippen MR) is 162 cm³/mol. The highest BCUT2D eigenvalue weighted by Gasteiger charge is 2.18. The summed E-state index contributed by atoms with van der Waals surface area (Å²) in [7, 11) is 0. The average Bonchev–Trinajstić information content (AvgIpc) is 3.72. The molecule has 0 bridgehead atoms. The first kappa shape index (κ1) is 24.1. The topological polar surface area (TPSA) is 98.2 Å². The lowest BCUT2D eigenvalue weighted by Crippen LogP contribution is -2.05. The number of hydrogen-bond acceptors (Lipinski definition) is 9. The monoisotopic (exact) mass is 560 g/mol. The molecule has 0 saturated heterocycles. The van der Waals surface area contributed by atoms with Crippen LogP contribution in [0.15, 0.2) is 105 Å². The third-order valence-corrected chi connectivity index (χ3v) is 8.11. The van der Waals surface area contributed by atoms with E-state index in [1.54, 1.807) is 23.0 Å². The standard InChI is InChI=1S/C30H20N6O2S2/c1-18-10-12-19(13-11-18)24-17-39-29(32-24)34-31-15-21-16-36(30-33-23-7-3-5-9-26(23)40-30)35-27(21)22-14-20-6-2-4-8-25(20)38-28(22)37/h2-17H,1H3,(H,32,34)/b31-15+. The number of nitrogens with zero attached hydrogens (tertiary/aromatic N) is 5. The Morgan fingerprint density at radius 2 is 1.82 bits per heavy atom. The van der Waals surface area contributed by atoms with Crippen LogP contribution in [-0.2, 0) is 0 Å². The van der Waals surface area contributed by atoms with Crippen molar-refractivity contribution in [1.29, 1.82) is 0 Å². The molecule has 40 heavy (non-hydrogen) atoms. The van der Waals surface area contributed by atoms with Gasteiger partial charge in [0.1, 0.15) is 11.3 Å². The molecule has 8 nitrogen and oxygen atoms in total. The van der Waals surface area contributed by atoms with Gasteiger partial charge in [0.25, 0.3) is 0 Å². The number of aromatic nitrogens is 4. The van der Waals surface area contributed by atoms with Crippen LogP contribution in [0.3, 0.4) is 0 Å². The second-order valence-electron chi connectivity index (χ2n) is 9.10. The molecule has 3 aromatic carbocycles. The Morgan fingerprint density at radius 1 is 1.00 bits per heavy atom. The molecular weight excluding hydrogens is 541 g/mol.